The highest BCUT2D eigenvalue weighted by Gasteiger charge is 2.09. The van der Waals surface area contributed by atoms with Crippen molar-refractivity contribution in [2.45, 2.75) is 19.6 Å². The molecule has 0 unspecified atom stereocenters. The van der Waals surface area contributed by atoms with Crippen LogP contribution in [0.3, 0.4) is 0 Å². The first-order valence-electron chi connectivity index (χ1n) is 6.45. The van der Waals surface area contributed by atoms with Crippen molar-refractivity contribution in [2.24, 2.45) is 0 Å². The Kier molecular flexibility index (Phi) is 4.95. The highest BCUT2D eigenvalue weighted by atomic mass is 79.9. The van der Waals surface area contributed by atoms with Gasteiger partial charge >= 0.3 is 0 Å². The van der Waals surface area contributed by atoms with E-state index in [1.54, 1.807) is 19.1 Å². The summed E-state index contributed by atoms with van der Waals surface area (Å²) in [7, 11) is -3.01. The summed E-state index contributed by atoms with van der Waals surface area (Å²) in [5, 5.41) is 3.17. The Morgan fingerprint density at radius 3 is 2.48 bits per heavy atom. The SMILES string of the molecule is CCS(=O)(=O)Cc1ccc(Nc2ncnc(C)c2Br)cc1. The number of aryl methyl sites for hydroxylation is 1. The molecule has 1 heterocycles. The number of nitrogens with one attached hydrogen (secondary N) is 1. The molecule has 7 heteroatoms. The minimum atomic E-state index is -3.01. The first-order chi connectivity index (χ1) is 9.91. The Hall–Kier alpha value is -1.47. The first kappa shape index (κ1) is 15.9. The Morgan fingerprint density at radius 2 is 1.86 bits per heavy atom. The summed E-state index contributed by atoms with van der Waals surface area (Å²) in [6.45, 7) is 3.54. The van der Waals surface area contributed by atoms with Crippen LogP contribution in [0.4, 0.5) is 11.5 Å². The van der Waals surface area contributed by atoms with Gasteiger partial charge in [-0.2, -0.15) is 0 Å². The van der Waals surface area contributed by atoms with E-state index in [4.69, 9.17) is 0 Å². The molecular formula is C14H16BrN3O2S. The number of nitrogens with zero attached hydrogens (tertiary/aromatic N) is 2. The van der Waals surface area contributed by atoms with Gasteiger partial charge in [0, 0.05) is 11.4 Å². The number of rotatable bonds is 5. The number of hydrogen-bond acceptors (Lipinski definition) is 5. The lowest BCUT2D eigenvalue weighted by Crippen LogP contribution is -2.06. The Labute approximate surface area is 132 Å². The molecule has 0 spiro atoms. The quantitative estimate of drug-likeness (QED) is 0.875. The number of anilines is 2. The van der Waals surface area contributed by atoms with Crippen molar-refractivity contribution in [1.82, 2.24) is 9.97 Å². The van der Waals surface area contributed by atoms with Crippen LogP contribution in [0.5, 0.6) is 0 Å². The lowest BCUT2D eigenvalue weighted by atomic mass is 10.2. The maximum Gasteiger partial charge on any atom is 0.154 e. The zero-order valence-electron chi connectivity index (χ0n) is 11.8. The number of benzene rings is 1. The van der Waals surface area contributed by atoms with Crippen LogP contribution in [0, 0.1) is 6.92 Å². The van der Waals surface area contributed by atoms with Crippen molar-refractivity contribution in [1.29, 1.82) is 0 Å². The molecule has 0 saturated carbocycles. The van der Waals surface area contributed by atoms with Crippen molar-refractivity contribution in [2.75, 3.05) is 11.1 Å². The number of hydrogen-bond donors (Lipinski definition) is 1. The van der Waals surface area contributed by atoms with Crippen LogP contribution >= 0.6 is 15.9 Å². The van der Waals surface area contributed by atoms with Crippen molar-refractivity contribution in [3.63, 3.8) is 0 Å². The Balaban J connectivity index is 2.15. The molecule has 0 saturated heterocycles. The molecule has 2 aromatic rings. The molecule has 0 aliphatic carbocycles. The topological polar surface area (TPSA) is 72.0 Å². The second kappa shape index (κ2) is 6.53. The molecule has 1 N–H and O–H groups in total. The Morgan fingerprint density at radius 1 is 1.19 bits per heavy atom. The molecule has 1 aromatic carbocycles. The van der Waals surface area contributed by atoms with Crippen molar-refractivity contribution < 1.29 is 8.42 Å². The lowest BCUT2D eigenvalue weighted by Gasteiger charge is -2.09. The normalized spacial score (nSPS) is 11.4. The minimum Gasteiger partial charge on any atom is -0.339 e. The summed E-state index contributed by atoms with van der Waals surface area (Å²) in [6, 6.07) is 7.28. The smallest absolute Gasteiger partial charge is 0.154 e. The summed E-state index contributed by atoms with van der Waals surface area (Å²) < 4.78 is 24.0. The highest BCUT2D eigenvalue weighted by Crippen LogP contribution is 2.25. The third-order valence-electron chi connectivity index (χ3n) is 3.01. The predicted molar refractivity (Wildman–Crippen MR) is 87.4 cm³/mol. The molecule has 0 amide bonds. The Bertz CT molecular complexity index is 730. The summed E-state index contributed by atoms with van der Waals surface area (Å²) >= 11 is 3.43. The highest BCUT2D eigenvalue weighted by molar-refractivity contribution is 9.10. The van der Waals surface area contributed by atoms with E-state index in [2.05, 4.69) is 31.2 Å². The summed E-state index contributed by atoms with van der Waals surface area (Å²) in [5.41, 5.74) is 2.46. The maximum absolute atomic E-state index is 11.6. The van der Waals surface area contributed by atoms with Gasteiger partial charge in [0.05, 0.1) is 15.9 Å². The number of aromatic nitrogens is 2. The summed E-state index contributed by atoms with van der Waals surface area (Å²) in [6.07, 6.45) is 1.49. The molecule has 112 valence electrons. The van der Waals surface area contributed by atoms with E-state index >= 15 is 0 Å². The van der Waals surface area contributed by atoms with Gasteiger partial charge in [-0.1, -0.05) is 19.1 Å². The van der Waals surface area contributed by atoms with Crippen LogP contribution in [0.2, 0.25) is 0 Å². The first-order valence-corrected chi connectivity index (χ1v) is 9.06. The predicted octanol–water partition coefficient (Wildman–Crippen LogP) is 3.23. The number of halogens is 1. The summed E-state index contributed by atoms with van der Waals surface area (Å²) in [5.74, 6) is 0.900. The van der Waals surface area contributed by atoms with Gasteiger partial charge in [0.2, 0.25) is 0 Å². The molecule has 0 atom stereocenters. The van der Waals surface area contributed by atoms with E-state index in [1.165, 1.54) is 6.33 Å². The number of sulfone groups is 1. The fourth-order valence-corrected chi connectivity index (χ4v) is 2.93. The molecule has 0 bridgehead atoms. The van der Waals surface area contributed by atoms with Gasteiger partial charge in [-0.15, -0.1) is 0 Å². The third-order valence-corrected chi connectivity index (χ3v) is 5.61. The third kappa shape index (κ3) is 4.25. The lowest BCUT2D eigenvalue weighted by molar-refractivity contribution is 0.596. The molecule has 0 aliphatic rings. The van der Waals surface area contributed by atoms with E-state index in [9.17, 15) is 8.42 Å². The molecule has 21 heavy (non-hydrogen) atoms. The van der Waals surface area contributed by atoms with E-state index < -0.39 is 9.84 Å². The minimum absolute atomic E-state index is 0.0695. The van der Waals surface area contributed by atoms with Crippen LogP contribution in [0.25, 0.3) is 0 Å². The van der Waals surface area contributed by atoms with Crippen LogP contribution in [-0.4, -0.2) is 24.1 Å². The van der Waals surface area contributed by atoms with Crippen molar-refractivity contribution >= 4 is 37.3 Å². The molecular weight excluding hydrogens is 354 g/mol. The van der Waals surface area contributed by atoms with Crippen LogP contribution in [-0.2, 0) is 15.6 Å². The van der Waals surface area contributed by atoms with Crippen LogP contribution in [0.15, 0.2) is 35.1 Å². The monoisotopic (exact) mass is 369 g/mol. The summed E-state index contributed by atoms with van der Waals surface area (Å²) in [4.78, 5) is 8.24. The second-order valence-corrected chi connectivity index (χ2v) is 7.77. The van der Waals surface area contributed by atoms with Gasteiger partial charge in [-0.3, -0.25) is 0 Å². The van der Waals surface area contributed by atoms with Gasteiger partial charge in [-0.25, -0.2) is 18.4 Å². The fourth-order valence-electron chi connectivity index (χ4n) is 1.72. The van der Waals surface area contributed by atoms with Crippen LogP contribution in [0.1, 0.15) is 18.2 Å². The van der Waals surface area contributed by atoms with E-state index in [0.29, 0.717) is 5.82 Å². The van der Waals surface area contributed by atoms with E-state index in [0.717, 1.165) is 21.4 Å². The fraction of sp³-hybridized carbons (Fsp3) is 0.286. The van der Waals surface area contributed by atoms with Crippen molar-refractivity contribution in [3.05, 3.63) is 46.3 Å². The maximum atomic E-state index is 11.6. The average Bonchev–Trinajstić information content (AvgIpc) is 2.46. The molecule has 0 fully saturated rings. The standard InChI is InChI=1S/C14H16BrN3O2S/c1-3-21(19,20)8-11-4-6-12(7-5-11)18-14-13(15)10(2)16-9-17-14/h4-7,9H,3,8H2,1-2H3,(H,16,17,18). The van der Waals surface area contributed by atoms with Crippen molar-refractivity contribution in [3.8, 4) is 0 Å². The van der Waals surface area contributed by atoms with Gasteiger partial charge in [0.15, 0.2) is 9.84 Å². The van der Waals surface area contributed by atoms with E-state index in [-0.39, 0.29) is 11.5 Å². The molecule has 5 nitrogen and oxygen atoms in total. The zero-order chi connectivity index (χ0) is 15.5. The van der Waals surface area contributed by atoms with Crippen LogP contribution < -0.4 is 5.32 Å². The molecule has 0 aliphatic heterocycles. The molecule has 2 rings (SSSR count). The van der Waals surface area contributed by atoms with Gasteiger partial charge < -0.3 is 5.32 Å². The van der Waals surface area contributed by atoms with Gasteiger partial charge in [-0.05, 0) is 40.5 Å². The van der Waals surface area contributed by atoms with Gasteiger partial charge in [0.1, 0.15) is 12.1 Å². The second-order valence-electron chi connectivity index (χ2n) is 4.62. The molecule has 0 radical (unpaired) electrons. The zero-order valence-corrected chi connectivity index (χ0v) is 14.2. The van der Waals surface area contributed by atoms with E-state index in [1.807, 2.05) is 19.1 Å². The molecule has 1 aromatic heterocycles. The largest absolute Gasteiger partial charge is 0.339 e. The average molecular weight is 370 g/mol. The van der Waals surface area contributed by atoms with Gasteiger partial charge in [0.25, 0.3) is 0 Å².